The van der Waals surface area contributed by atoms with Crippen LogP contribution in [-0.4, -0.2) is 59.3 Å². The molecule has 1 aromatic heterocycles. The molecule has 6 heteroatoms. The molecule has 0 unspecified atom stereocenters. The van der Waals surface area contributed by atoms with Crippen LogP contribution in [0.25, 0.3) is 0 Å². The van der Waals surface area contributed by atoms with Crippen LogP contribution in [0.2, 0.25) is 0 Å². The molecule has 112 valence electrons. The molecule has 1 aliphatic heterocycles. The van der Waals surface area contributed by atoms with Crippen LogP contribution in [-0.2, 0) is 4.79 Å². The number of hydrogen-bond acceptors (Lipinski definition) is 4. The summed E-state index contributed by atoms with van der Waals surface area (Å²) in [6, 6.07) is 3.55. The number of carbonyl (C=O) groups is 2. The van der Waals surface area contributed by atoms with Gasteiger partial charge in [0.15, 0.2) is 0 Å². The second-order valence-electron chi connectivity index (χ2n) is 4.90. The van der Waals surface area contributed by atoms with E-state index in [0.717, 1.165) is 5.69 Å². The lowest BCUT2D eigenvalue weighted by Crippen LogP contribution is -2.50. The summed E-state index contributed by atoms with van der Waals surface area (Å²) in [5.41, 5.74) is 1.26. The second kappa shape index (κ2) is 6.88. The Morgan fingerprint density at radius 1 is 1.33 bits per heavy atom. The van der Waals surface area contributed by atoms with Crippen molar-refractivity contribution in [3.05, 3.63) is 36.7 Å². The molecule has 2 rings (SSSR count). The number of carbonyl (C=O) groups excluding carboxylic acids is 2. The van der Waals surface area contributed by atoms with Gasteiger partial charge >= 0.3 is 0 Å². The minimum absolute atomic E-state index is 0.0517. The quantitative estimate of drug-likeness (QED) is 0.839. The standard InChI is InChI=1S/C15H20N4O2/c1-3-5-16-13-4-6-17-14(11-13)15(21)19-9-7-18(8-10-19)12(2)20/h3-4,6,11H,1,5,7-10H2,2H3,(H,16,17). The maximum atomic E-state index is 12.4. The highest BCUT2D eigenvalue weighted by Crippen LogP contribution is 2.12. The molecule has 2 heterocycles. The number of nitrogens with one attached hydrogen (secondary N) is 1. The predicted octanol–water partition coefficient (Wildman–Crippen LogP) is 0.984. The van der Waals surface area contributed by atoms with E-state index in [0.29, 0.717) is 38.4 Å². The maximum absolute atomic E-state index is 12.4. The van der Waals surface area contributed by atoms with Crippen molar-refractivity contribution in [3.63, 3.8) is 0 Å². The molecule has 21 heavy (non-hydrogen) atoms. The Morgan fingerprint density at radius 3 is 2.62 bits per heavy atom. The molecule has 1 aromatic rings. The Hall–Kier alpha value is -2.37. The van der Waals surface area contributed by atoms with Crippen LogP contribution < -0.4 is 5.32 Å². The molecule has 1 fully saturated rings. The van der Waals surface area contributed by atoms with Gasteiger partial charge in [0.2, 0.25) is 5.91 Å². The number of aromatic nitrogens is 1. The van der Waals surface area contributed by atoms with E-state index in [9.17, 15) is 9.59 Å². The lowest BCUT2D eigenvalue weighted by atomic mass is 10.2. The van der Waals surface area contributed by atoms with Crippen molar-refractivity contribution < 1.29 is 9.59 Å². The molecule has 0 radical (unpaired) electrons. The Balaban J connectivity index is 2.00. The fourth-order valence-corrected chi connectivity index (χ4v) is 2.23. The normalized spacial score (nSPS) is 14.7. The van der Waals surface area contributed by atoms with E-state index in [1.165, 1.54) is 0 Å². The summed E-state index contributed by atoms with van der Waals surface area (Å²) in [7, 11) is 0. The van der Waals surface area contributed by atoms with Gasteiger partial charge in [-0.25, -0.2) is 0 Å². The molecule has 0 bridgehead atoms. The number of anilines is 1. The minimum atomic E-state index is -0.0968. The van der Waals surface area contributed by atoms with Gasteiger partial charge in [0, 0.05) is 51.5 Å². The van der Waals surface area contributed by atoms with Crippen molar-refractivity contribution in [2.45, 2.75) is 6.92 Å². The van der Waals surface area contributed by atoms with Crippen LogP contribution in [0.3, 0.4) is 0 Å². The van der Waals surface area contributed by atoms with Gasteiger partial charge in [0.1, 0.15) is 5.69 Å². The SMILES string of the molecule is C=CCNc1ccnc(C(=O)N2CCN(C(C)=O)CC2)c1. The zero-order valence-electron chi connectivity index (χ0n) is 12.2. The van der Waals surface area contributed by atoms with E-state index < -0.39 is 0 Å². The van der Waals surface area contributed by atoms with Crippen LogP contribution in [0.15, 0.2) is 31.0 Å². The minimum Gasteiger partial charge on any atom is -0.381 e. The number of amides is 2. The highest BCUT2D eigenvalue weighted by molar-refractivity contribution is 5.93. The van der Waals surface area contributed by atoms with Gasteiger partial charge in [-0.05, 0) is 12.1 Å². The molecule has 0 aromatic carbocycles. The predicted molar refractivity (Wildman–Crippen MR) is 81.1 cm³/mol. The first-order chi connectivity index (χ1) is 10.1. The van der Waals surface area contributed by atoms with Gasteiger partial charge in [0.05, 0.1) is 0 Å². The third-order valence-corrected chi connectivity index (χ3v) is 3.44. The first-order valence-electron chi connectivity index (χ1n) is 6.97. The summed E-state index contributed by atoms with van der Waals surface area (Å²) >= 11 is 0. The molecule has 6 nitrogen and oxygen atoms in total. The molecular weight excluding hydrogens is 268 g/mol. The summed E-state index contributed by atoms with van der Waals surface area (Å²) in [5, 5.41) is 3.13. The highest BCUT2D eigenvalue weighted by Gasteiger charge is 2.23. The zero-order valence-corrected chi connectivity index (χ0v) is 12.2. The Labute approximate surface area is 124 Å². The Bertz CT molecular complexity index is 536. The van der Waals surface area contributed by atoms with E-state index >= 15 is 0 Å². The summed E-state index contributed by atoms with van der Waals surface area (Å²) in [6.07, 6.45) is 3.37. The first-order valence-corrected chi connectivity index (χ1v) is 6.97. The number of piperazine rings is 1. The number of nitrogens with zero attached hydrogens (tertiary/aromatic N) is 3. The molecular formula is C15H20N4O2. The number of pyridine rings is 1. The fourth-order valence-electron chi connectivity index (χ4n) is 2.23. The average Bonchev–Trinajstić information content (AvgIpc) is 2.52. The summed E-state index contributed by atoms with van der Waals surface area (Å²) < 4.78 is 0. The van der Waals surface area contributed by atoms with Crippen LogP contribution >= 0.6 is 0 Å². The molecule has 1 saturated heterocycles. The van der Waals surface area contributed by atoms with Crippen molar-refractivity contribution in [1.29, 1.82) is 0 Å². The largest absolute Gasteiger partial charge is 0.381 e. The third-order valence-electron chi connectivity index (χ3n) is 3.44. The topological polar surface area (TPSA) is 65.5 Å². The zero-order chi connectivity index (χ0) is 15.2. The van der Waals surface area contributed by atoms with Crippen LogP contribution in [0.4, 0.5) is 5.69 Å². The lowest BCUT2D eigenvalue weighted by Gasteiger charge is -2.34. The molecule has 0 aliphatic carbocycles. The lowest BCUT2D eigenvalue weighted by molar-refractivity contribution is -0.130. The van der Waals surface area contributed by atoms with E-state index in [1.807, 2.05) is 6.07 Å². The molecule has 0 saturated carbocycles. The van der Waals surface area contributed by atoms with E-state index in [1.54, 1.807) is 35.1 Å². The van der Waals surface area contributed by atoms with Crippen molar-refractivity contribution >= 4 is 17.5 Å². The monoisotopic (exact) mass is 288 g/mol. The maximum Gasteiger partial charge on any atom is 0.272 e. The highest BCUT2D eigenvalue weighted by atomic mass is 16.2. The van der Waals surface area contributed by atoms with E-state index in [4.69, 9.17) is 0 Å². The first kappa shape index (κ1) is 15.0. The summed E-state index contributed by atoms with van der Waals surface area (Å²) in [4.78, 5) is 31.3. The van der Waals surface area contributed by atoms with Crippen molar-refractivity contribution in [2.24, 2.45) is 0 Å². The van der Waals surface area contributed by atoms with Crippen LogP contribution in [0.1, 0.15) is 17.4 Å². The second-order valence-corrected chi connectivity index (χ2v) is 4.90. The Morgan fingerprint density at radius 2 is 2.00 bits per heavy atom. The smallest absolute Gasteiger partial charge is 0.272 e. The van der Waals surface area contributed by atoms with Crippen molar-refractivity contribution in [1.82, 2.24) is 14.8 Å². The van der Waals surface area contributed by atoms with Gasteiger partial charge in [-0.3, -0.25) is 14.6 Å². The molecule has 1 N–H and O–H groups in total. The average molecular weight is 288 g/mol. The van der Waals surface area contributed by atoms with Gasteiger partial charge in [-0.1, -0.05) is 6.08 Å². The van der Waals surface area contributed by atoms with E-state index in [2.05, 4.69) is 16.9 Å². The number of hydrogen-bond donors (Lipinski definition) is 1. The summed E-state index contributed by atoms with van der Waals surface area (Å²) in [6.45, 7) is 8.08. The fraction of sp³-hybridized carbons (Fsp3) is 0.400. The summed E-state index contributed by atoms with van der Waals surface area (Å²) in [5.74, 6) is -0.0451. The van der Waals surface area contributed by atoms with Crippen molar-refractivity contribution in [3.8, 4) is 0 Å². The van der Waals surface area contributed by atoms with Gasteiger partial charge in [0.25, 0.3) is 5.91 Å². The third kappa shape index (κ3) is 3.81. The molecule has 2 amide bonds. The van der Waals surface area contributed by atoms with Crippen LogP contribution in [0, 0.1) is 0 Å². The molecule has 0 atom stereocenters. The molecule has 1 aliphatic rings. The molecule has 0 spiro atoms. The van der Waals surface area contributed by atoms with E-state index in [-0.39, 0.29) is 11.8 Å². The van der Waals surface area contributed by atoms with Gasteiger partial charge in [-0.2, -0.15) is 0 Å². The van der Waals surface area contributed by atoms with Gasteiger partial charge < -0.3 is 15.1 Å². The Kier molecular flexibility index (Phi) is 4.92. The van der Waals surface area contributed by atoms with Crippen LogP contribution in [0.5, 0.6) is 0 Å². The number of rotatable bonds is 4. The van der Waals surface area contributed by atoms with Gasteiger partial charge in [-0.15, -0.1) is 6.58 Å². The van der Waals surface area contributed by atoms with Crippen molar-refractivity contribution in [2.75, 3.05) is 38.0 Å².